The Labute approximate surface area is 152 Å². The van der Waals surface area contributed by atoms with Crippen LogP contribution in [0.25, 0.3) is 0 Å². The van der Waals surface area contributed by atoms with Crippen LogP contribution in [0.5, 0.6) is 0 Å². The molecular formula is C18H24N4O4. The molecule has 1 aromatic heterocycles. The third-order valence-corrected chi connectivity index (χ3v) is 4.10. The highest BCUT2D eigenvalue weighted by Crippen LogP contribution is 2.21. The lowest BCUT2D eigenvalue weighted by Gasteiger charge is -2.13. The molecule has 0 spiro atoms. The zero-order valence-electron chi connectivity index (χ0n) is 15.3. The van der Waals surface area contributed by atoms with Crippen molar-refractivity contribution in [2.45, 2.75) is 39.8 Å². The van der Waals surface area contributed by atoms with Crippen LogP contribution in [0, 0.1) is 24.0 Å². The molecule has 1 atom stereocenters. The first-order valence-corrected chi connectivity index (χ1v) is 8.51. The molecule has 0 fully saturated rings. The van der Waals surface area contributed by atoms with Gasteiger partial charge in [-0.15, -0.1) is 0 Å². The molecule has 8 heteroatoms. The number of hydrogen-bond acceptors (Lipinski definition) is 5. The number of benzene rings is 1. The fourth-order valence-electron chi connectivity index (χ4n) is 2.68. The maximum Gasteiger partial charge on any atom is 0.312 e. The van der Waals surface area contributed by atoms with Crippen molar-refractivity contribution in [3.8, 4) is 0 Å². The van der Waals surface area contributed by atoms with E-state index in [1.54, 1.807) is 13.8 Å². The number of carbonyl (C=O) groups excluding carboxylic acids is 1. The minimum Gasteiger partial charge on any atom is -0.374 e. The molecule has 1 aromatic carbocycles. The second kappa shape index (κ2) is 9.10. The van der Waals surface area contributed by atoms with Gasteiger partial charge in [-0.05, 0) is 32.8 Å². The summed E-state index contributed by atoms with van der Waals surface area (Å²) in [6, 6.07) is 9.93. The first-order chi connectivity index (χ1) is 12.4. The lowest BCUT2D eigenvalue weighted by Crippen LogP contribution is -2.29. The van der Waals surface area contributed by atoms with Crippen LogP contribution in [-0.4, -0.2) is 33.8 Å². The van der Waals surface area contributed by atoms with Gasteiger partial charge in [0.1, 0.15) is 17.9 Å². The van der Waals surface area contributed by atoms with Gasteiger partial charge in [0.05, 0.1) is 11.0 Å². The van der Waals surface area contributed by atoms with Crippen molar-refractivity contribution >= 4 is 11.6 Å². The lowest BCUT2D eigenvalue weighted by molar-refractivity contribution is -0.386. The maximum atomic E-state index is 12.0. The van der Waals surface area contributed by atoms with Crippen molar-refractivity contribution in [2.75, 3.05) is 13.2 Å². The third-order valence-electron chi connectivity index (χ3n) is 4.10. The van der Waals surface area contributed by atoms with E-state index in [0.29, 0.717) is 31.0 Å². The van der Waals surface area contributed by atoms with Crippen LogP contribution >= 0.6 is 0 Å². The number of rotatable bonds is 9. The van der Waals surface area contributed by atoms with Gasteiger partial charge < -0.3 is 10.1 Å². The van der Waals surface area contributed by atoms with E-state index >= 15 is 0 Å². The molecule has 1 unspecified atom stereocenters. The number of nitrogens with one attached hydrogen (secondary N) is 1. The van der Waals surface area contributed by atoms with Gasteiger partial charge in [-0.3, -0.25) is 19.6 Å². The summed E-state index contributed by atoms with van der Waals surface area (Å²) < 4.78 is 7.11. The molecule has 0 saturated heterocycles. The van der Waals surface area contributed by atoms with Crippen LogP contribution in [0.2, 0.25) is 0 Å². The van der Waals surface area contributed by atoms with Gasteiger partial charge in [0.2, 0.25) is 5.91 Å². The van der Waals surface area contributed by atoms with E-state index in [2.05, 4.69) is 10.4 Å². The molecule has 0 bridgehead atoms. The summed E-state index contributed by atoms with van der Waals surface area (Å²) in [6.07, 6.45) is 0.683. The average Bonchev–Trinajstić information content (AvgIpc) is 2.88. The van der Waals surface area contributed by atoms with Crippen LogP contribution in [-0.2, 0) is 16.1 Å². The highest BCUT2D eigenvalue weighted by atomic mass is 16.6. The van der Waals surface area contributed by atoms with Crippen LogP contribution < -0.4 is 5.32 Å². The molecule has 8 nitrogen and oxygen atoms in total. The van der Waals surface area contributed by atoms with Crippen molar-refractivity contribution in [2.24, 2.45) is 0 Å². The molecule has 1 amide bonds. The molecule has 2 rings (SSSR count). The summed E-state index contributed by atoms with van der Waals surface area (Å²) >= 11 is 0. The van der Waals surface area contributed by atoms with Gasteiger partial charge in [-0.25, -0.2) is 0 Å². The zero-order valence-corrected chi connectivity index (χ0v) is 15.3. The van der Waals surface area contributed by atoms with Crippen molar-refractivity contribution in [3.63, 3.8) is 0 Å². The van der Waals surface area contributed by atoms with Crippen LogP contribution in [0.4, 0.5) is 5.69 Å². The van der Waals surface area contributed by atoms with E-state index in [-0.39, 0.29) is 24.2 Å². The first-order valence-electron chi connectivity index (χ1n) is 8.51. The molecular weight excluding hydrogens is 336 g/mol. The highest BCUT2D eigenvalue weighted by molar-refractivity contribution is 5.75. The molecule has 1 heterocycles. The molecule has 0 aliphatic heterocycles. The van der Waals surface area contributed by atoms with Gasteiger partial charge in [0.15, 0.2) is 0 Å². The smallest absolute Gasteiger partial charge is 0.312 e. The second-order valence-corrected chi connectivity index (χ2v) is 6.06. The number of aryl methyl sites for hydroxylation is 1. The summed E-state index contributed by atoms with van der Waals surface area (Å²) in [7, 11) is 0. The van der Waals surface area contributed by atoms with E-state index in [4.69, 9.17) is 4.74 Å². The first kappa shape index (κ1) is 19.6. The van der Waals surface area contributed by atoms with Crippen molar-refractivity contribution in [1.29, 1.82) is 0 Å². The van der Waals surface area contributed by atoms with Crippen LogP contribution in [0.3, 0.4) is 0 Å². The third kappa shape index (κ3) is 5.13. The molecule has 0 aliphatic rings. The Kier molecular flexibility index (Phi) is 6.85. The molecule has 0 saturated carbocycles. The Morgan fingerprint density at radius 1 is 1.35 bits per heavy atom. The fourth-order valence-corrected chi connectivity index (χ4v) is 2.68. The quantitative estimate of drug-likeness (QED) is 0.421. The van der Waals surface area contributed by atoms with E-state index < -0.39 is 4.92 Å². The minimum absolute atomic E-state index is 0.00199. The highest BCUT2D eigenvalue weighted by Gasteiger charge is 2.22. The molecule has 2 aromatic rings. The fraction of sp³-hybridized carbons (Fsp3) is 0.444. The Morgan fingerprint density at radius 3 is 2.65 bits per heavy atom. The minimum atomic E-state index is -0.475. The Bertz CT molecular complexity index is 758. The van der Waals surface area contributed by atoms with E-state index in [1.165, 1.54) is 4.68 Å². The standard InChI is InChI=1S/C18H24N4O4/c1-13-18(22(24)25)14(2)21(20-13)12-17(23)19-10-7-11-26-15(3)16-8-5-4-6-9-16/h4-6,8-9,15H,7,10-12H2,1-3H3,(H,19,23). The van der Waals surface area contributed by atoms with E-state index in [0.717, 1.165) is 5.56 Å². The number of hydrogen-bond donors (Lipinski definition) is 1. The maximum absolute atomic E-state index is 12.0. The summed E-state index contributed by atoms with van der Waals surface area (Å²) in [5, 5.41) is 17.8. The van der Waals surface area contributed by atoms with Gasteiger partial charge in [-0.1, -0.05) is 30.3 Å². The molecule has 1 N–H and O–H groups in total. The topological polar surface area (TPSA) is 99.3 Å². The Hall–Kier alpha value is -2.74. The molecule has 0 aliphatic carbocycles. The van der Waals surface area contributed by atoms with E-state index in [9.17, 15) is 14.9 Å². The predicted molar refractivity (Wildman–Crippen MR) is 96.8 cm³/mol. The summed E-state index contributed by atoms with van der Waals surface area (Å²) in [5.41, 5.74) is 1.76. The van der Waals surface area contributed by atoms with Crippen molar-refractivity contribution in [1.82, 2.24) is 15.1 Å². The number of nitro groups is 1. The molecule has 26 heavy (non-hydrogen) atoms. The largest absolute Gasteiger partial charge is 0.374 e. The zero-order chi connectivity index (χ0) is 19.1. The van der Waals surface area contributed by atoms with Crippen LogP contribution in [0.1, 0.15) is 36.4 Å². The normalized spacial score (nSPS) is 12.0. The number of ether oxygens (including phenoxy) is 1. The predicted octanol–water partition coefficient (Wildman–Crippen LogP) is 2.69. The average molecular weight is 360 g/mol. The van der Waals surface area contributed by atoms with Crippen molar-refractivity contribution in [3.05, 3.63) is 57.4 Å². The number of nitrogens with zero attached hydrogens (tertiary/aromatic N) is 3. The molecule has 0 radical (unpaired) electrons. The van der Waals surface area contributed by atoms with Gasteiger partial charge >= 0.3 is 5.69 Å². The van der Waals surface area contributed by atoms with Gasteiger partial charge in [-0.2, -0.15) is 5.10 Å². The summed E-state index contributed by atoms with van der Waals surface area (Å²) in [6.45, 7) is 6.10. The van der Waals surface area contributed by atoms with Crippen LogP contribution in [0.15, 0.2) is 30.3 Å². The monoisotopic (exact) mass is 360 g/mol. The SMILES string of the molecule is Cc1nn(CC(=O)NCCCOC(C)c2ccccc2)c(C)c1[N+](=O)[O-]. The van der Waals surface area contributed by atoms with Gasteiger partial charge in [0.25, 0.3) is 0 Å². The Morgan fingerprint density at radius 2 is 2.04 bits per heavy atom. The van der Waals surface area contributed by atoms with E-state index in [1.807, 2.05) is 37.3 Å². The summed E-state index contributed by atoms with van der Waals surface area (Å²) in [5.74, 6) is -0.235. The number of amides is 1. The Balaban J connectivity index is 1.71. The number of carbonyl (C=O) groups is 1. The lowest BCUT2D eigenvalue weighted by atomic mass is 10.1. The second-order valence-electron chi connectivity index (χ2n) is 6.06. The molecule has 140 valence electrons. The van der Waals surface area contributed by atoms with Crippen molar-refractivity contribution < 1.29 is 14.5 Å². The van der Waals surface area contributed by atoms with Gasteiger partial charge in [0, 0.05) is 13.2 Å². The number of aromatic nitrogens is 2. The summed E-state index contributed by atoms with van der Waals surface area (Å²) in [4.78, 5) is 22.5.